The summed E-state index contributed by atoms with van der Waals surface area (Å²) >= 11 is 0. The molecule has 4 rings (SSSR count). The Morgan fingerprint density at radius 1 is 1.29 bits per heavy atom. The van der Waals surface area contributed by atoms with Gasteiger partial charge in [-0.3, -0.25) is 4.79 Å². The standard InChI is InChI=1S/C17H17N5O2/c1-11-10-18-22(20-11)14-7-13(8-14)19-17(23)15-9-16(24-21-15)12-5-3-2-4-6-12/h2-6,9-10,13-14H,7-8H2,1H3,(H,19,23)/t13-,14-. The van der Waals surface area contributed by atoms with E-state index >= 15 is 0 Å². The minimum atomic E-state index is -0.214. The zero-order valence-electron chi connectivity index (χ0n) is 13.2. The van der Waals surface area contributed by atoms with Crippen LogP contribution in [0.1, 0.15) is 35.1 Å². The van der Waals surface area contributed by atoms with Crippen LogP contribution in [0.2, 0.25) is 0 Å². The number of hydrogen-bond donors (Lipinski definition) is 1. The van der Waals surface area contributed by atoms with Crippen LogP contribution in [0.3, 0.4) is 0 Å². The predicted octanol–water partition coefficient (Wildman–Crippen LogP) is 2.38. The van der Waals surface area contributed by atoms with E-state index in [4.69, 9.17) is 4.52 Å². The van der Waals surface area contributed by atoms with Gasteiger partial charge in [0.2, 0.25) is 0 Å². The molecule has 1 saturated carbocycles. The molecule has 0 radical (unpaired) electrons. The molecule has 1 aliphatic rings. The molecule has 0 spiro atoms. The lowest BCUT2D eigenvalue weighted by molar-refractivity contribution is 0.0872. The molecular weight excluding hydrogens is 306 g/mol. The number of rotatable bonds is 4. The van der Waals surface area contributed by atoms with Crippen molar-refractivity contribution >= 4 is 5.91 Å². The molecule has 122 valence electrons. The topological polar surface area (TPSA) is 85.8 Å². The second kappa shape index (κ2) is 5.92. The second-order valence-corrected chi connectivity index (χ2v) is 6.04. The van der Waals surface area contributed by atoms with Crippen molar-refractivity contribution in [3.8, 4) is 11.3 Å². The van der Waals surface area contributed by atoms with Crippen LogP contribution in [0.25, 0.3) is 11.3 Å². The van der Waals surface area contributed by atoms with Crippen LogP contribution in [0.4, 0.5) is 0 Å². The Kier molecular flexibility index (Phi) is 3.60. The van der Waals surface area contributed by atoms with E-state index in [-0.39, 0.29) is 18.0 Å². The first-order valence-electron chi connectivity index (χ1n) is 7.90. The highest BCUT2D eigenvalue weighted by molar-refractivity contribution is 5.93. The van der Waals surface area contributed by atoms with E-state index in [9.17, 15) is 4.79 Å². The van der Waals surface area contributed by atoms with Crippen molar-refractivity contribution in [1.82, 2.24) is 25.5 Å². The van der Waals surface area contributed by atoms with Gasteiger partial charge in [0.25, 0.3) is 5.91 Å². The summed E-state index contributed by atoms with van der Waals surface area (Å²) < 4.78 is 5.26. The summed E-state index contributed by atoms with van der Waals surface area (Å²) in [5, 5.41) is 15.4. The van der Waals surface area contributed by atoms with Crippen molar-refractivity contribution in [2.75, 3.05) is 0 Å². The average Bonchev–Trinajstić information content (AvgIpc) is 3.20. The molecular formula is C17H17N5O2. The fourth-order valence-corrected chi connectivity index (χ4v) is 2.81. The van der Waals surface area contributed by atoms with Crippen molar-refractivity contribution in [2.24, 2.45) is 0 Å². The molecule has 1 N–H and O–H groups in total. The van der Waals surface area contributed by atoms with Crippen LogP contribution in [0.5, 0.6) is 0 Å². The summed E-state index contributed by atoms with van der Waals surface area (Å²) in [5.41, 5.74) is 2.09. The maximum absolute atomic E-state index is 12.3. The number of carbonyl (C=O) groups excluding carboxylic acids is 1. The van der Waals surface area contributed by atoms with Crippen LogP contribution in [0, 0.1) is 6.92 Å². The summed E-state index contributed by atoms with van der Waals surface area (Å²) in [6, 6.07) is 11.6. The van der Waals surface area contributed by atoms with Crippen LogP contribution >= 0.6 is 0 Å². The molecule has 0 bridgehead atoms. The Hall–Kier alpha value is -2.96. The summed E-state index contributed by atoms with van der Waals surface area (Å²) in [7, 11) is 0. The summed E-state index contributed by atoms with van der Waals surface area (Å²) in [4.78, 5) is 14.0. The molecule has 7 heteroatoms. The summed E-state index contributed by atoms with van der Waals surface area (Å²) in [6.45, 7) is 1.91. The number of carbonyl (C=O) groups is 1. The molecule has 3 aromatic rings. The van der Waals surface area contributed by atoms with Crippen LogP contribution in [-0.2, 0) is 0 Å². The highest BCUT2D eigenvalue weighted by atomic mass is 16.5. The van der Waals surface area contributed by atoms with Crippen LogP contribution < -0.4 is 5.32 Å². The summed E-state index contributed by atoms with van der Waals surface area (Å²) in [5.74, 6) is 0.373. The first kappa shape index (κ1) is 14.6. The minimum absolute atomic E-state index is 0.116. The van der Waals surface area contributed by atoms with E-state index in [1.165, 1.54) is 0 Å². The normalized spacial score (nSPS) is 19.7. The highest BCUT2D eigenvalue weighted by Gasteiger charge is 2.33. The van der Waals surface area contributed by atoms with Gasteiger partial charge in [0.05, 0.1) is 17.9 Å². The maximum atomic E-state index is 12.3. The first-order valence-corrected chi connectivity index (χ1v) is 7.90. The molecule has 1 aromatic carbocycles. The largest absolute Gasteiger partial charge is 0.355 e. The van der Waals surface area contributed by atoms with Crippen molar-refractivity contribution in [3.05, 3.63) is 54.0 Å². The van der Waals surface area contributed by atoms with E-state index in [0.29, 0.717) is 11.5 Å². The number of aromatic nitrogens is 4. The van der Waals surface area contributed by atoms with Crippen molar-refractivity contribution in [2.45, 2.75) is 31.8 Å². The van der Waals surface area contributed by atoms with Gasteiger partial charge in [-0.05, 0) is 19.8 Å². The Morgan fingerprint density at radius 2 is 2.08 bits per heavy atom. The second-order valence-electron chi connectivity index (χ2n) is 6.04. The average molecular weight is 323 g/mol. The molecule has 1 fully saturated rings. The lowest BCUT2D eigenvalue weighted by atomic mass is 9.87. The zero-order chi connectivity index (χ0) is 16.5. The molecule has 0 atom stereocenters. The molecule has 24 heavy (non-hydrogen) atoms. The number of nitrogens with zero attached hydrogens (tertiary/aromatic N) is 4. The monoisotopic (exact) mass is 323 g/mol. The van der Waals surface area contributed by atoms with Gasteiger partial charge < -0.3 is 9.84 Å². The third kappa shape index (κ3) is 2.80. The Balaban J connectivity index is 1.35. The van der Waals surface area contributed by atoms with Gasteiger partial charge in [0.15, 0.2) is 11.5 Å². The molecule has 0 aliphatic heterocycles. The van der Waals surface area contributed by atoms with E-state index in [1.54, 1.807) is 17.1 Å². The first-order chi connectivity index (χ1) is 11.7. The van der Waals surface area contributed by atoms with Gasteiger partial charge in [0, 0.05) is 17.7 Å². The van der Waals surface area contributed by atoms with Gasteiger partial charge in [0.1, 0.15) is 0 Å². The smallest absolute Gasteiger partial charge is 0.273 e. The highest BCUT2D eigenvalue weighted by Crippen LogP contribution is 2.31. The van der Waals surface area contributed by atoms with E-state index in [2.05, 4.69) is 20.7 Å². The lowest BCUT2D eigenvalue weighted by Crippen LogP contribution is -2.45. The molecule has 2 heterocycles. The van der Waals surface area contributed by atoms with Crippen molar-refractivity contribution < 1.29 is 9.32 Å². The molecule has 0 saturated heterocycles. The number of amides is 1. The Labute approximate surface area is 138 Å². The molecule has 2 aromatic heterocycles. The third-order valence-corrected chi connectivity index (χ3v) is 4.20. The third-order valence-electron chi connectivity index (χ3n) is 4.20. The summed E-state index contributed by atoms with van der Waals surface area (Å²) in [6.07, 6.45) is 3.39. The zero-order valence-corrected chi connectivity index (χ0v) is 13.2. The van der Waals surface area contributed by atoms with Crippen molar-refractivity contribution in [3.63, 3.8) is 0 Å². The Bertz CT molecular complexity index is 849. The number of benzene rings is 1. The van der Waals surface area contributed by atoms with Gasteiger partial charge >= 0.3 is 0 Å². The van der Waals surface area contributed by atoms with Gasteiger partial charge in [-0.25, -0.2) is 0 Å². The fourth-order valence-electron chi connectivity index (χ4n) is 2.81. The SMILES string of the molecule is Cc1cnn([C@H]2C[C@H](NC(=O)c3cc(-c4ccccc4)on3)C2)n1. The van der Waals surface area contributed by atoms with Gasteiger partial charge in [-0.15, -0.1) is 0 Å². The van der Waals surface area contributed by atoms with Crippen LogP contribution in [-0.4, -0.2) is 32.1 Å². The molecule has 1 amide bonds. The number of nitrogens with one attached hydrogen (secondary N) is 1. The lowest BCUT2D eigenvalue weighted by Gasteiger charge is -2.34. The van der Waals surface area contributed by atoms with E-state index in [0.717, 1.165) is 24.1 Å². The predicted molar refractivity (Wildman–Crippen MR) is 86.2 cm³/mol. The van der Waals surface area contributed by atoms with Gasteiger partial charge in [-0.1, -0.05) is 35.5 Å². The fraction of sp³-hybridized carbons (Fsp3) is 0.294. The maximum Gasteiger partial charge on any atom is 0.273 e. The van der Waals surface area contributed by atoms with E-state index in [1.807, 2.05) is 37.3 Å². The van der Waals surface area contributed by atoms with Gasteiger partial charge in [-0.2, -0.15) is 15.0 Å². The van der Waals surface area contributed by atoms with Crippen molar-refractivity contribution in [1.29, 1.82) is 0 Å². The molecule has 7 nitrogen and oxygen atoms in total. The minimum Gasteiger partial charge on any atom is -0.355 e. The number of aryl methyl sites for hydroxylation is 1. The molecule has 1 aliphatic carbocycles. The van der Waals surface area contributed by atoms with E-state index < -0.39 is 0 Å². The quantitative estimate of drug-likeness (QED) is 0.796. The number of hydrogen-bond acceptors (Lipinski definition) is 5. The molecule has 0 unspecified atom stereocenters. The Morgan fingerprint density at radius 3 is 2.79 bits per heavy atom. The van der Waals surface area contributed by atoms with Crippen LogP contribution in [0.15, 0.2) is 47.1 Å².